The summed E-state index contributed by atoms with van der Waals surface area (Å²) in [6, 6.07) is 10.4. The molecule has 0 fully saturated rings. The highest BCUT2D eigenvalue weighted by molar-refractivity contribution is 7.21. The maximum absolute atomic E-state index is 12.0. The average Bonchev–Trinajstić information content (AvgIpc) is 3.04. The Bertz CT molecular complexity index is 1290. The fourth-order valence-electron chi connectivity index (χ4n) is 4.30. The van der Waals surface area contributed by atoms with E-state index in [2.05, 4.69) is 48.5 Å². The summed E-state index contributed by atoms with van der Waals surface area (Å²) in [7, 11) is 0. The Balaban J connectivity index is 1.72. The number of nitrogens with one attached hydrogen (secondary N) is 1. The molecule has 3 aromatic rings. The Kier molecular flexibility index (Phi) is 4.89. The van der Waals surface area contributed by atoms with Crippen molar-refractivity contribution in [1.82, 2.24) is 0 Å². The second kappa shape index (κ2) is 7.61. The van der Waals surface area contributed by atoms with Gasteiger partial charge in [-0.05, 0) is 67.0 Å². The second-order valence-electron chi connectivity index (χ2n) is 8.20. The number of hydrogen-bond donors (Lipinski definition) is 1. The van der Waals surface area contributed by atoms with E-state index in [-0.39, 0.29) is 12.0 Å². The predicted molar refractivity (Wildman–Crippen MR) is 128 cm³/mol. The van der Waals surface area contributed by atoms with Crippen LogP contribution in [0.15, 0.2) is 40.5 Å². The van der Waals surface area contributed by atoms with Gasteiger partial charge in [-0.2, -0.15) is 5.10 Å². The van der Waals surface area contributed by atoms with Gasteiger partial charge in [-0.15, -0.1) is 16.4 Å². The van der Waals surface area contributed by atoms with Crippen LogP contribution in [0.1, 0.15) is 54.8 Å². The molecular weight excluding hydrogens is 406 g/mol. The molecule has 2 aliphatic rings. The molecule has 1 unspecified atom stereocenters. The van der Waals surface area contributed by atoms with Crippen molar-refractivity contribution in [2.45, 2.75) is 53.0 Å². The summed E-state index contributed by atoms with van der Waals surface area (Å²) < 4.78 is 6.84. The van der Waals surface area contributed by atoms with Crippen LogP contribution in [0.4, 0.5) is 5.69 Å². The summed E-state index contributed by atoms with van der Waals surface area (Å²) >= 11 is 1.78. The summed E-state index contributed by atoms with van der Waals surface area (Å²) in [6.07, 6.45) is 2.62. The molecule has 1 aromatic heterocycles. The van der Waals surface area contributed by atoms with Gasteiger partial charge in [0.15, 0.2) is 5.75 Å². The average molecular weight is 432 g/mol. The van der Waals surface area contributed by atoms with E-state index in [0.29, 0.717) is 12.2 Å². The number of benzene rings is 2. The van der Waals surface area contributed by atoms with Crippen molar-refractivity contribution in [2.24, 2.45) is 10.2 Å². The lowest BCUT2D eigenvalue weighted by Crippen LogP contribution is -2.34. The van der Waals surface area contributed by atoms with Crippen LogP contribution in [-0.4, -0.2) is 23.4 Å². The molecule has 1 atom stereocenters. The number of nitrogens with zero attached hydrogens (tertiary/aromatic N) is 2. The van der Waals surface area contributed by atoms with Crippen molar-refractivity contribution >= 4 is 44.5 Å². The number of thiophene rings is 1. The fraction of sp³-hybridized carbons (Fsp3) is 0.320. The molecule has 6 heteroatoms. The van der Waals surface area contributed by atoms with E-state index in [0.717, 1.165) is 41.1 Å². The molecule has 0 amide bonds. The first-order valence-electron chi connectivity index (χ1n) is 10.8. The highest BCUT2D eigenvalue weighted by Crippen LogP contribution is 2.39. The number of aryl methyl sites for hydroxylation is 2. The largest absolute Gasteiger partial charge is 0.423 e. The van der Waals surface area contributed by atoms with E-state index in [1.54, 1.807) is 11.3 Å². The van der Waals surface area contributed by atoms with E-state index in [9.17, 15) is 4.79 Å². The van der Waals surface area contributed by atoms with Crippen molar-refractivity contribution in [3.8, 4) is 5.75 Å². The van der Waals surface area contributed by atoms with Crippen LogP contribution in [0.3, 0.4) is 0 Å². The lowest BCUT2D eigenvalue weighted by Gasteiger charge is -2.24. The van der Waals surface area contributed by atoms with E-state index in [4.69, 9.17) is 9.84 Å². The predicted octanol–water partition coefficient (Wildman–Crippen LogP) is 5.51. The zero-order valence-corrected chi connectivity index (χ0v) is 19.0. The van der Waals surface area contributed by atoms with Crippen LogP contribution in [-0.2, 0) is 24.1 Å². The van der Waals surface area contributed by atoms with Gasteiger partial charge < -0.3 is 10.1 Å². The molecule has 0 saturated heterocycles. The zero-order chi connectivity index (χ0) is 21.7. The maximum atomic E-state index is 12.0. The topological polar surface area (TPSA) is 63.0 Å². The maximum Gasteiger partial charge on any atom is 0.333 e. The quantitative estimate of drug-likeness (QED) is 0.439. The number of fused-ring (bicyclic) bond motifs is 3. The van der Waals surface area contributed by atoms with E-state index >= 15 is 0 Å². The molecule has 5 rings (SSSR count). The molecule has 1 N–H and O–H groups in total. The van der Waals surface area contributed by atoms with Gasteiger partial charge in [0, 0.05) is 22.4 Å². The molecule has 158 valence electrons. The minimum Gasteiger partial charge on any atom is -0.423 e. The minimum atomic E-state index is -0.377. The summed E-state index contributed by atoms with van der Waals surface area (Å²) in [5.74, 6) is 0.320. The molecule has 0 radical (unpaired) electrons. The van der Waals surface area contributed by atoms with E-state index in [1.807, 2.05) is 19.9 Å². The van der Waals surface area contributed by atoms with Crippen molar-refractivity contribution in [3.63, 3.8) is 0 Å². The summed E-state index contributed by atoms with van der Waals surface area (Å²) in [5.41, 5.74) is 7.45. The number of carbonyl (C=O) groups is 1. The van der Waals surface area contributed by atoms with E-state index < -0.39 is 0 Å². The third kappa shape index (κ3) is 3.35. The smallest absolute Gasteiger partial charge is 0.333 e. The van der Waals surface area contributed by atoms with E-state index in [1.165, 1.54) is 26.1 Å². The number of carbonyl (C=O) groups excluding carboxylic acids is 1. The van der Waals surface area contributed by atoms with Crippen LogP contribution in [0.2, 0.25) is 0 Å². The van der Waals surface area contributed by atoms with Gasteiger partial charge in [0.25, 0.3) is 0 Å². The molecule has 5 nitrogen and oxygen atoms in total. The third-order valence-corrected chi connectivity index (χ3v) is 7.22. The normalized spacial score (nSPS) is 17.8. The van der Waals surface area contributed by atoms with Gasteiger partial charge in [0.1, 0.15) is 11.8 Å². The minimum absolute atomic E-state index is 0.259. The molecular formula is C25H25N3O2S. The van der Waals surface area contributed by atoms with Crippen molar-refractivity contribution < 1.29 is 9.53 Å². The van der Waals surface area contributed by atoms with Crippen molar-refractivity contribution in [2.75, 3.05) is 5.32 Å². The van der Waals surface area contributed by atoms with Crippen LogP contribution in [0, 0.1) is 0 Å². The van der Waals surface area contributed by atoms with Gasteiger partial charge >= 0.3 is 5.97 Å². The van der Waals surface area contributed by atoms with Gasteiger partial charge in [0.05, 0.1) is 10.6 Å². The monoisotopic (exact) mass is 431 g/mol. The highest BCUT2D eigenvalue weighted by Gasteiger charge is 2.28. The molecule has 0 spiro atoms. The Hall–Kier alpha value is -2.99. The van der Waals surface area contributed by atoms with Crippen molar-refractivity contribution in [1.29, 1.82) is 0 Å². The lowest BCUT2D eigenvalue weighted by atomic mass is 9.94. The van der Waals surface area contributed by atoms with Gasteiger partial charge in [0.2, 0.25) is 0 Å². The number of esters is 1. The standard InChI is InChI=1S/C25H25N3O2S/c1-5-15-7-8-22-19(10-15)17(6-2)24(31-22)23-18-12-20-21(30-25(29)14(4)26-20)11-16(18)9-13(3)27-28-23/h7-8,10-12,14,26H,5-6,9H2,1-4H3. The zero-order valence-electron chi connectivity index (χ0n) is 18.2. The Morgan fingerprint density at radius 2 is 2.00 bits per heavy atom. The van der Waals surface area contributed by atoms with Crippen LogP contribution < -0.4 is 10.1 Å². The summed E-state index contributed by atoms with van der Waals surface area (Å²) in [5, 5.41) is 13.8. The van der Waals surface area contributed by atoms with Crippen LogP contribution in [0.25, 0.3) is 10.1 Å². The Morgan fingerprint density at radius 3 is 2.77 bits per heavy atom. The number of anilines is 1. The molecule has 2 aliphatic heterocycles. The third-order valence-electron chi connectivity index (χ3n) is 6.00. The SMILES string of the molecule is CCc1ccc2sc(C3=NN=C(C)Cc4cc5c(cc43)NC(C)C(=O)O5)c(CC)c2c1. The Morgan fingerprint density at radius 1 is 1.16 bits per heavy atom. The fourth-order valence-corrected chi connectivity index (χ4v) is 5.57. The van der Waals surface area contributed by atoms with Crippen LogP contribution in [0.5, 0.6) is 5.75 Å². The molecule has 3 heterocycles. The first-order chi connectivity index (χ1) is 15.0. The first kappa shape index (κ1) is 19.9. The molecule has 2 aromatic carbocycles. The van der Waals surface area contributed by atoms with Gasteiger partial charge in [-0.1, -0.05) is 26.0 Å². The summed E-state index contributed by atoms with van der Waals surface area (Å²) in [6.45, 7) is 8.19. The van der Waals surface area contributed by atoms with Crippen molar-refractivity contribution in [3.05, 3.63) is 57.5 Å². The second-order valence-corrected chi connectivity index (χ2v) is 9.25. The number of ether oxygens (including phenoxy) is 1. The number of hydrogen-bond acceptors (Lipinski definition) is 6. The van der Waals surface area contributed by atoms with Gasteiger partial charge in [-0.3, -0.25) is 0 Å². The first-order valence-corrected chi connectivity index (χ1v) is 11.6. The van der Waals surface area contributed by atoms with Crippen LogP contribution >= 0.6 is 11.3 Å². The Labute approximate surface area is 185 Å². The highest BCUT2D eigenvalue weighted by atomic mass is 32.1. The summed E-state index contributed by atoms with van der Waals surface area (Å²) in [4.78, 5) is 13.2. The molecule has 31 heavy (non-hydrogen) atoms. The number of rotatable bonds is 3. The van der Waals surface area contributed by atoms with Gasteiger partial charge in [-0.25, -0.2) is 4.79 Å². The lowest BCUT2D eigenvalue weighted by molar-refractivity contribution is -0.135. The molecule has 0 saturated carbocycles. The molecule has 0 bridgehead atoms. The molecule has 0 aliphatic carbocycles.